The first-order valence-electron chi connectivity index (χ1n) is 19.1. The van der Waals surface area contributed by atoms with Crippen molar-refractivity contribution in [2.75, 3.05) is 0 Å². The molecular weight excluding hydrogens is 840 g/mol. The highest BCUT2D eigenvalue weighted by Crippen LogP contribution is 2.45. The van der Waals surface area contributed by atoms with Crippen molar-refractivity contribution < 1.29 is 26.1 Å². The normalized spacial score (nSPS) is 11.5. The van der Waals surface area contributed by atoms with Crippen LogP contribution in [0.25, 0.3) is 89.2 Å². The van der Waals surface area contributed by atoms with Crippen molar-refractivity contribution >= 4 is 48.9 Å². The average molecular weight is 864 g/mol. The Morgan fingerprint density at radius 2 is 0.906 bits per heavy atom. The predicted molar refractivity (Wildman–Crippen MR) is 232 cm³/mol. The van der Waals surface area contributed by atoms with E-state index in [0.717, 1.165) is 30.3 Å². The lowest BCUT2D eigenvalue weighted by atomic mass is 10.1. The highest BCUT2D eigenvalue weighted by Gasteiger charge is 2.32. The summed E-state index contributed by atoms with van der Waals surface area (Å²) in [5.74, 6) is -2.26. The van der Waals surface area contributed by atoms with Gasteiger partial charge in [0.2, 0.25) is 0 Å². The highest BCUT2D eigenvalue weighted by atomic mass is 32.2. The van der Waals surface area contributed by atoms with E-state index in [1.807, 2.05) is 12.1 Å². The molecule has 0 atom stereocenters. The van der Waals surface area contributed by atoms with Crippen LogP contribution in [0, 0.1) is 46.7 Å². The molecule has 0 radical (unpaired) electrons. The number of benzene rings is 7. The average Bonchev–Trinajstić information content (AvgIpc) is 4.01. The number of para-hydroxylation sites is 2. The van der Waals surface area contributed by atoms with Gasteiger partial charge in [-0.2, -0.15) is 18.9 Å². The maximum atomic E-state index is 16.4. The van der Waals surface area contributed by atoms with Gasteiger partial charge in [0.25, 0.3) is 10.1 Å². The van der Waals surface area contributed by atoms with Crippen molar-refractivity contribution in [3.05, 3.63) is 180 Å². The van der Waals surface area contributed by atoms with Gasteiger partial charge in [-0.3, -0.25) is 18.3 Å². The number of imidazole rings is 3. The number of fused-ring (bicyclic) bond motifs is 6. The minimum atomic E-state index is -4.66. The molecule has 0 saturated carbocycles. The molecule has 0 amide bonds. The van der Waals surface area contributed by atoms with Crippen LogP contribution in [0.1, 0.15) is 11.1 Å². The van der Waals surface area contributed by atoms with Gasteiger partial charge < -0.3 is 0 Å². The Labute approximate surface area is 360 Å². The quantitative estimate of drug-likeness (QED) is 0.122. The van der Waals surface area contributed by atoms with Gasteiger partial charge in [-0.15, -0.1) is 0 Å². The summed E-state index contributed by atoms with van der Waals surface area (Å²) in [5.41, 5.74) is 2.49. The second-order valence-electron chi connectivity index (χ2n) is 14.4. The fourth-order valence-electron chi connectivity index (χ4n) is 7.92. The van der Waals surface area contributed by atoms with E-state index < -0.39 is 32.5 Å². The van der Waals surface area contributed by atoms with Gasteiger partial charge in [0.05, 0.1) is 51.4 Å². The lowest BCUT2D eigenvalue weighted by Gasteiger charge is -2.13. The monoisotopic (exact) mass is 863 g/mol. The number of hydrogen-bond donors (Lipinski definition) is 1. The number of rotatable bonds is 7. The van der Waals surface area contributed by atoms with Crippen molar-refractivity contribution in [3.8, 4) is 63.4 Å². The van der Waals surface area contributed by atoms with E-state index in [9.17, 15) is 23.5 Å². The lowest BCUT2D eigenvalue weighted by molar-refractivity contribution is 0.483. The molecule has 306 valence electrons. The predicted octanol–water partition coefficient (Wildman–Crippen LogP) is 10.7. The molecule has 3 aromatic heterocycles. The molecule has 10 aromatic rings. The number of hydrogen-bond acceptors (Lipinski definition) is 7. The van der Waals surface area contributed by atoms with Crippen molar-refractivity contribution in [2.24, 2.45) is 0 Å². The first-order valence-corrected chi connectivity index (χ1v) is 20.6. The number of aromatic nitrogens is 6. The van der Waals surface area contributed by atoms with E-state index in [2.05, 4.69) is 4.85 Å². The van der Waals surface area contributed by atoms with Gasteiger partial charge in [-0.05, 0) is 91.0 Å². The maximum absolute atomic E-state index is 16.4. The Morgan fingerprint density at radius 3 is 1.25 bits per heavy atom. The number of halogens is 3. The zero-order chi connectivity index (χ0) is 44.4. The van der Waals surface area contributed by atoms with Crippen LogP contribution in [0.4, 0.5) is 18.9 Å². The molecule has 16 heteroatoms. The van der Waals surface area contributed by atoms with E-state index in [1.165, 1.54) is 53.1 Å². The van der Waals surface area contributed by atoms with E-state index in [4.69, 9.17) is 21.5 Å². The molecule has 0 bridgehead atoms. The summed E-state index contributed by atoms with van der Waals surface area (Å²) >= 11 is 0. The molecule has 64 heavy (non-hydrogen) atoms. The topological polar surface area (TPSA) is 160 Å². The van der Waals surface area contributed by atoms with Gasteiger partial charge in [0.1, 0.15) is 68.0 Å². The largest absolute Gasteiger partial charge is 0.294 e. The smallest absolute Gasteiger partial charge is 0.290 e. The molecule has 0 aliphatic heterocycles. The molecule has 10 rings (SSSR count). The molecular formula is C48H24F3N9O3S. The van der Waals surface area contributed by atoms with Crippen molar-refractivity contribution in [1.82, 2.24) is 28.7 Å². The summed E-state index contributed by atoms with van der Waals surface area (Å²) in [4.78, 5) is 18.4. The van der Waals surface area contributed by atoms with Gasteiger partial charge in [-0.25, -0.2) is 33.0 Å². The van der Waals surface area contributed by atoms with Crippen LogP contribution >= 0.6 is 0 Å². The highest BCUT2D eigenvalue weighted by molar-refractivity contribution is 7.85. The first kappa shape index (κ1) is 39.3. The van der Waals surface area contributed by atoms with Crippen LogP contribution in [-0.2, 0) is 10.1 Å². The van der Waals surface area contributed by atoms with Crippen molar-refractivity contribution in [3.63, 3.8) is 0 Å². The van der Waals surface area contributed by atoms with Crippen LogP contribution in [0.5, 0.6) is 0 Å². The molecule has 12 nitrogen and oxygen atoms in total. The third-order valence-electron chi connectivity index (χ3n) is 10.7. The number of nitriles is 2. The van der Waals surface area contributed by atoms with Crippen molar-refractivity contribution in [1.29, 1.82) is 10.5 Å². The molecule has 0 spiro atoms. The summed E-state index contributed by atoms with van der Waals surface area (Å²) in [5, 5.41) is 19.3. The van der Waals surface area contributed by atoms with Gasteiger partial charge >= 0.3 is 0 Å². The Hall–Kier alpha value is -8.88. The van der Waals surface area contributed by atoms with Gasteiger partial charge in [0, 0.05) is 17.1 Å². The van der Waals surface area contributed by atoms with E-state index >= 15 is 13.2 Å². The summed E-state index contributed by atoms with van der Waals surface area (Å²) in [7, 11) is -4.66. The van der Waals surface area contributed by atoms with Crippen LogP contribution in [-0.4, -0.2) is 41.6 Å². The summed E-state index contributed by atoms with van der Waals surface area (Å²) in [6, 6.07) is 38.5. The fraction of sp³-hybridized carbons (Fsp3) is 0. The van der Waals surface area contributed by atoms with E-state index in [1.54, 1.807) is 69.8 Å². The summed E-state index contributed by atoms with van der Waals surface area (Å²) in [6.07, 6.45) is 0. The zero-order valence-electron chi connectivity index (χ0n) is 32.6. The summed E-state index contributed by atoms with van der Waals surface area (Å²) < 4.78 is 88.4. The molecule has 1 N–H and O–H groups in total. The SMILES string of the molecule is [C-]#[N+]c1ccc(-c2nc3c4c(nc(-c5ccc(C#N)cc5F)n4-c4ccccc4)c4c(nc(-c5ccc(C#N)cc5F)n4-c4ccc(S(=O)(=O)O)cc4)c3n2-c2ccccc2)c(F)c1. The maximum Gasteiger partial charge on any atom is 0.294 e. The van der Waals surface area contributed by atoms with Gasteiger partial charge in [-0.1, -0.05) is 48.5 Å². The second-order valence-corrected chi connectivity index (χ2v) is 15.9. The molecule has 7 aromatic carbocycles. The molecule has 0 aliphatic rings. The molecule has 0 saturated heterocycles. The van der Waals surface area contributed by atoms with Crippen LogP contribution in [0.3, 0.4) is 0 Å². The lowest BCUT2D eigenvalue weighted by Crippen LogP contribution is -2.02. The fourth-order valence-corrected chi connectivity index (χ4v) is 8.40. The van der Waals surface area contributed by atoms with E-state index in [-0.39, 0.29) is 89.8 Å². The Balaban J connectivity index is 1.50. The number of nitrogens with zero attached hydrogens (tertiary/aromatic N) is 9. The van der Waals surface area contributed by atoms with Crippen LogP contribution in [0.2, 0.25) is 0 Å². The third-order valence-corrected chi connectivity index (χ3v) is 11.6. The van der Waals surface area contributed by atoms with Crippen LogP contribution < -0.4 is 0 Å². The Kier molecular flexibility index (Phi) is 9.16. The Morgan fingerprint density at radius 1 is 0.531 bits per heavy atom. The molecule has 0 fully saturated rings. The first-order chi connectivity index (χ1) is 31.0. The van der Waals surface area contributed by atoms with Crippen molar-refractivity contribution in [2.45, 2.75) is 4.90 Å². The van der Waals surface area contributed by atoms with Crippen LogP contribution in [0.15, 0.2) is 144 Å². The molecule has 0 unspecified atom stereocenters. The Bertz CT molecular complexity index is 3760. The van der Waals surface area contributed by atoms with E-state index in [0.29, 0.717) is 11.4 Å². The zero-order valence-corrected chi connectivity index (χ0v) is 33.4. The van der Waals surface area contributed by atoms with Gasteiger partial charge in [0.15, 0.2) is 5.69 Å². The minimum Gasteiger partial charge on any atom is -0.290 e. The standard InChI is InChI=1S/C48H24F3N9O3S/c1-54-29-14-21-36(39(51)24-29)48-57-40-43-41(55-46(58(43)30-8-4-2-5-9-30)34-19-12-27(25-52)22-37(34)49)45-42(44(40)59(48)31-10-6-3-7-11-31)56-47(35-20-13-28(26-53)23-38(35)50)60(45)32-15-17-33(18-16-32)64(61,62)63/h2-24H,(H,61,62,63). The molecule has 3 heterocycles. The second kappa shape index (κ2) is 14.9. The summed E-state index contributed by atoms with van der Waals surface area (Å²) in [6.45, 7) is 7.51. The molecule has 0 aliphatic carbocycles. The third kappa shape index (κ3) is 6.24. The minimum absolute atomic E-state index is 0.00854.